The molecule has 3 N–H and O–H groups in total. The minimum atomic E-state index is -3.57. The van der Waals surface area contributed by atoms with Crippen LogP contribution in [0.15, 0.2) is 24.3 Å². The summed E-state index contributed by atoms with van der Waals surface area (Å²) >= 11 is 0. The molecule has 2 rings (SSSR count). The maximum Gasteiger partial charge on any atom is 0.357 e. The minimum Gasteiger partial charge on any atom is -0.368 e. The fraction of sp³-hybridized carbons (Fsp3) is 0.500. The summed E-state index contributed by atoms with van der Waals surface area (Å²) in [5.41, 5.74) is 7.14. The Kier molecular flexibility index (Phi) is 4.54. The Morgan fingerprint density at radius 3 is 2.19 bits per heavy atom. The quantitative estimate of drug-likeness (QED) is 0.591. The minimum absolute atomic E-state index is 0.220. The average molecular weight is 312 g/mol. The number of nitrogens with two attached hydrogens (primary N) is 1. The van der Waals surface area contributed by atoms with E-state index in [2.05, 4.69) is 5.32 Å². The van der Waals surface area contributed by atoms with Crippen LogP contribution in [0.5, 0.6) is 0 Å². The second kappa shape index (κ2) is 5.89. The second-order valence-corrected chi connectivity index (χ2v) is 7.16. The zero-order valence-electron chi connectivity index (χ0n) is 12.5. The van der Waals surface area contributed by atoms with Gasteiger partial charge >= 0.3 is 7.60 Å². The van der Waals surface area contributed by atoms with E-state index in [1.807, 2.05) is 31.2 Å². The van der Waals surface area contributed by atoms with E-state index in [0.717, 1.165) is 5.56 Å². The third kappa shape index (κ3) is 2.64. The summed E-state index contributed by atoms with van der Waals surface area (Å²) in [7, 11) is -3.57. The molecule has 116 valence electrons. The average Bonchev–Trinajstić information content (AvgIpc) is 3.17. The first kappa shape index (κ1) is 16.2. The Morgan fingerprint density at radius 1 is 1.29 bits per heavy atom. The fourth-order valence-corrected chi connectivity index (χ4v) is 4.85. The van der Waals surface area contributed by atoms with Crippen molar-refractivity contribution in [2.24, 2.45) is 5.73 Å². The molecule has 0 aromatic heterocycles. The van der Waals surface area contributed by atoms with E-state index in [1.165, 1.54) is 0 Å². The van der Waals surface area contributed by atoms with Crippen molar-refractivity contribution in [1.82, 2.24) is 5.32 Å². The van der Waals surface area contributed by atoms with Crippen LogP contribution in [0.4, 0.5) is 0 Å². The molecule has 0 bridgehead atoms. The van der Waals surface area contributed by atoms with Crippen molar-refractivity contribution in [2.75, 3.05) is 13.2 Å². The van der Waals surface area contributed by atoms with Crippen LogP contribution in [-0.2, 0) is 23.7 Å². The lowest BCUT2D eigenvalue weighted by atomic mass is 10.1. The van der Waals surface area contributed by atoms with Crippen LogP contribution in [0.3, 0.4) is 0 Å². The number of carbonyl (C=O) groups excluding carboxylic acids is 1. The predicted molar refractivity (Wildman–Crippen MR) is 79.8 cm³/mol. The van der Waals surface area contributed by atoms with Crippen LogP contribution in [0.2, 0.25) is 0 Å². The van der Waals surface area contributed by atoms with E-state index in [0.29, 0.717) is 5.56 Å². The SMILES string of the molecule is CCOP(=O)(OCC)C1(c2ccc(C)cc2)NC1C(N)=O. The number of primary amides is 1. The van der Waals surface area contributed by atoms with Crippen molar-refractivity contribution < 1.29 is 18.4 Å². The summed E-state index contributed by atoms with van der Waals surface area (Å²) in [6.45, 7) is 5.86. The van der Waals surface area contributed by atoms with Gasteiger partial charge in [-0.3, -0.25) is 14.7 Å². The Balaban J connectivity index is 2.50. The predicted octanol–water partition coefficient (Wildman–Crippen LogP) is 1.87. The number of benzene rings is 1. The van der Waals surface area contributed by atoms with E-state index >= 15 is 0 Å². The van der Waals surface area contributed by atoms with Crippen molar-refractivity contribution in [3.05, 3.63) is 35.4 Å². The van der Waals surface area contributed by atoms with Gasteiger partial charge in [0.1, 0.15) is 6.04 Å². The third-order valence-corrected chi connectivity index (χ3v) is 6.21. The molecule has 1 aliphatic rings. The standard InChI is InChI=1S/C14H21N2O4P/c1-4-19-21(18,20-5-2)14(12(16-14)13(15)17)11-8-6-10(3)7-9-11/h6-9,12,16H,4-5H2,1-3H3,(H2,15,17). The summed E-state index contributed by atoms with van der Waals surface area (Å²) < 4.78 is 24.0. The molecular weight excluding hydrogens is 291 g/mol. The summed E-state index contributed by atoms with van der Waals surface area (Å²) in [6.07, 6.45) is 0. The van der Waals surface area contributed by atoms with Crippen molar-refractivity contribution in [3.8, 4) is 0 Å². The molecular formula is C14H21N2O4P. The number of aryl methyl sites for hydroxylation is 1. The number of hydrogen-bond acceptors (Lipinski definition) is 5. The van der Waals surface area contributed by atoms with Gasteiger partial charge in [0.05, 0.1) is 13.2 Å². The van der Waals surface area contributed by atoms with Gasteiger partial charge in [0.15, 0.2) is 5.28 Å². The molecule has 7 heteroatoms. The number of nitrogens with one attached hydrogen (secondary N) is 1. The first-order valence-electron chi connectivity index (χ1n) is 6.94. The number of hydrogen-bond donors (Lipinski definition) is 2. The van der Waals surface area contributed by atoms with E-state index in [-0.39, 0.29) is 13.2 Å². The summed E-state index contributed by atoms with van der Waals surface area (Å²) in [5, 5.41) is 1.76. The molecule has 1 amide bonds. The molecule has 2 atom stereocenters. The Morgan fingerprint density at radius 2 is 1.81 bits per heavy atom. The van der Waals surface area contributed by atoms with Gasteiger partial charge in [-0.2, -0.15) is 0 Å². The van der Waals surface area contributed by atoms with E-state index < -0.39 is 24.8 Å². The second-order valence-electron chi connectivity index (χ2n) is 4.95. The van der Waals surface area contributed by atoms with Gasteiger partial charge in [-0.25, -0.2) is 0 Å². The first-order valence-corrected chi connectivity index (χ1v) is 8.49. The Bertz CT molecular complexity index is 565. The van der Waals surface area contributed by atoms with Gasteiger partial charge in [0.2, 0.25) is 5.91 Å². The number of rotatable bonds is 7. The maximum absolute atomic E-state index is 13.2. The Labute approximate surface area is 124 Å². The topological polar surface area (TPSA) is 101 Å². The van der Waals surface area contributed by atoms with Crippen LogP contribution in [0.1, 0.15) is 25.0 Å². The molecule has 0 radical (unpaired) electrons. The van der Waals surface area contributed by atoms with Gasteiger partial charge in [-0.1, -0.05) is 29.8 Å². The summed E-state index contributed by atoms with van der Waals surface area (Å²) in [4.78, 5) is 11.6. The molecule has 2 unspecified atom stereocenters. The molecule has 1 aromatic carbocycles. The molecule has 0 aliphatic carbocycles. The highest BCUT2D eigenvalue weighted by atomic mass is 31.2. The number of amides is 1. The zero-order chi connectivity index (χ0) is 15.7. The van der Waals surface area contributed by atoms with Crippen molar-refractivity contribution >= 4 is 13.5 Å². The van der Waals surface area contributed by atoms with Crippen molar-refractivity contribution in [1.29, 1.82) is 0 Å². The molecule has 0 saturated carbocycles. The Hall–Kier alpha value is -1.20. The van der Waals surface area contributed by atoms with Crippen LogP contribution >= 0.6 is 7.60 Å². The molecule has 1 saturated heterocycles. The fourth-order valence-electron chi connectivity index (χ4n) is 2.49. The molecule has 0 spiro atoms. The molecule has 1 fully saturated rings. The monoisotopic (exact) mass is 312 g/mol. The lowest BCUT2D eigenvalue weighted by Crippen LogP contribution is -2.27. The lowest BCUT2D eigenvalue weighted by molar-refractivity contribution is -0.117. The van der Waals surface area contributed by atoms with E-state index in [1.54, 1.807) is 13.8 Å². The highest BCUT2D eigenvalue weighted by molar-refractivity contribution is 7.55. The molecule has 1 aliphatic heterocycles. The van der Waals surface area contributed by atoms with Crippen LogP contribution in [0.25, 0.3) is 0 Å². The largest absolute Gasteiger partial charge is 0.368 e. The van der Waals surface area contributed by atoms with Crippen molar-refractivity contribution in [3.63, 3.8) is 0 Å². The lowest BCUT2D eigenvalue weighted by Gasteiger charge is -2.26. The summed E-state index contributed by atoms with van der Waals surface area (Å²) in [6, 6.07) is 6.64. The van der Waals surface area contributed by atoms with Gasteiger partial charge in [-0.05, 0) is 26.3 Å². The van der Waals surface area contributed by atoms with Crippen LogP contribution < -0.4 is 11.1 Å². The normalized spacial score (nSPS) is 24.8. The van der Waals surface area contributed by atoms with E-state index in [9.17, 15) is 9.36 Å². The summed E-state index contributed by atoms with van der Waals surface area (Å²) in [5.74, 6) is -0.574. The zero-order valence-corrected chi connectivity index (χ0v) is 13.4. The molecule has 6 nitrogen and oxygen atoms in total. The smallest absolute Gasteiger partial charge is 0.357 e. The molecule has 1 heterocycles. The third-order valence-electron chi connectivity index (χ3n) is 3.51. The van der Waals surface area contributed by atoms with Gasteiger partial charge in [-0.15, -0.1) is 0 Å². The molecule has 1 aromatic rings. The van der Waals surface area contributed by atoms with E-state index in [4.69, 9.17) is 14.8 Å². The van der Waals surface area contributed by atoms with Gasteiger partial charge < -0.3 is 14.8 Å². The highest BCUT2D eigenvalue weighted by Gasteiger charge is 2.71. The van der Waals surface area contributed by atoms with Crippen LogP contribution in [-0.4, -0.2) is 25.2 Å². The number of carbonyl (C=O) groups is 1. The van der Waals surface area contributed by atoms with Gasteiger partial charge in [0.25, 0.3) is 0 Å². The maximum atomic E-state index is 13.2. The van der Waals surface area contributed by atoms with Gasteiger partial charge in [0, 0.05) is 0 Å². The van der Waals surface area contributed by atoms with Crippen LogP contribution in [0, 0.1) is 6.92 Å². The van der Waals surface area contributed by atoms with Crippen molar-refractivity contribution in [2.45, 2.75) is 32.1 Å². The highest BCUT2D eigenvalue weighted by Crippen LogP contribution is 2.70. The molecule has 21 heavy (non-hydrogen) atoms. The first-order chi connectivity index (χ1) is 9.91.